The SMILES string of the molecule is O=C(CCc1nc(-c2ccsc2)no1)Nc1ccc(-n2ccnc2)cc1. The first-order valence-electron chi connectivity index (χ1n) is 8.01. The first-order chi connectivity index (χ1) is 12.8. The zero-order chi connectivity index (χ0) is 17.8. The molecule has 0 fully saturated rings. The third-order valence-corrected chi connectivity index (χ3v) is 4.45. The van der Waals surface area contributed by atoms with Crippen molar-refractivity contribution in [3.05, 3.63) is 65.7 Å². The summed E-state index contributed by atoms with van der Waals surface area (Å²) in [6.45, 7) is 0. The van der Waals surface area contributed by atoms with E-state index in [1.54, 1.807) is 23.9 Å². The Kier molecular flexibility index (Phi) is 4.57. The summed E-state index contributed by atoms with van der Waals surface area (Å²) in [4.78, 5) is 20.4. The molecule has 0 saturated heterocycles. The Morgan fingerprint density at radius 3 is 2.85 bits per heavy atom. The monoisotopic (exact) mass is 365 g/mol. The second-order valence-electron chi connectivity index (χ2n) is 5.59. The molecular formula is C18H15N5O2S. The van der Waals surface area contributed by atoms with Crippen LogP contribution >= 0.6 is 11.3 Å². The molecule has 4 aromatic rings. The Labute approximate surface area is 153 Å². The van der Waals surface area contributed by atoms with Crippen LogP contribution in [0, 0.1) is 0 Å². The predicted octanol–water partition coefficient (Wildman–Crippen LogP) is 3.56. The lowest BCUT2D eigenvalue weighted by atomic mass is 10.2. The summed E-state index contributed by atoms with van der Waals surface area (Å²) < 4.78 is 7.10. The summed E-state index contributed by atoms with van der Waals surface area (Å²) in [5.74, 6) is 0.907. The van der Waals surface area contributed by atoms with E-state index in [0.29, 0.717) is 18.1 Å². The lowest BCUT2D eigenvalue weighted by molar-refractivity contribution is -0.116. The number of carbonyl (C=O) groups excluding carboxylic acids is 1. The molecule has 3 aromatic heterocycles. The van der Waals surface area contributed by atoms with Crippen molar-refractivity contribution in [2.24, 2.45) is 0 Å². The molecule has 3 heterocycles. The number of nitrogens with zero attached hydrogens (tertiary/aromatic N) is 4. The number of hydrogen-bond donors (Lipinski definition) is 1. The molecule has 130 valence electrons. The summed E-state index contributed by atoms with van der Waals surface area (Å²) in [6, 6.07) is 9.48. The molecule has 0 spiro atoms. The quantitative estimate of drug-likeness (QED) is 0.565. The van der Waals surface area contributed by atoms with Crippen LogP contribution in [0.3, 0.4) is 0 Å². The van der Waals surface area contributed by atoms with E-state index >= 15 is 0 Å². The van der Waals surface area contributed by atoms with E-state index in [1.165, 1.54) is 0 Å². The van der Waals surface area contributed by atoms with E-state index in [0.717, 1.165) is 16.9 Å². The summed E-state index contributed by atoms with van der Waals surface area (Å²) in [6.07, 6.45) is 5.98. The Morgan fingerprint density at radius 2 is 2.12 bits per heavy atom. The van der Waals surface area contributed by atoms with Crippen LogP contribution in [0.5, 0.6) is 0 Å². The minimum Gasteiger partial charge on any atom is -0.339 e. The summed E-state index contributed by atoms with van der Waals surface area (Å²) >= 11 is 1.57. The van der Waals surface area contributed by atoms with Crippen molar-refractivity contribution >= 4 is 22.9 Å². The van der Waals surface area contributed by atoms with Crippen LogP contribution in [-0.2, 0) is 11.2 Å². The van der Waals surface area contributed by atoms with E-state index in [1.807, 2.05) is 51.9 Å². The molecule has 0 unspecified atom stereocenters. The zero-order valence-corrected chi connectivity index (χ0v) is 14.5. The molecule has 26 heavy (non-hydrogen) atoms. The number of carbonyl (C=O) groups is 1. The Morgan fingerprint density at radius 1 is 1.23 bits per heavy atom. The fourth-order valence-electron chi connectivity index (χ4n) is 2.44. The third kappa shape index (κ3) is 3.70. The number of nitrogens with one attached hydrogen (secondary N) is 1. The van der Waals surface area contributed by atoms with Crippen LogP contribution in [0.25, 0.3) is 17.1 Å². The fraction of sp³-hybridized carbons (Fsp3) is 0.111. The normalized spacial score (nSPS) is 10.8. The molecule has 4 rings (SSSR count). The number of benzene rings is 1. The van der Waals surface area contributed by atoms with Gasteiger partial charge >= 0.3 is 0 Å². The number of aromatic nitrogens is 4. The number of rotatable bonds is 6. The van der Waals surface area contributed by atoms with Gasteiger partial charge in [-0.15, -0.1) is 0 Å². The van der Waals surface area contributed by atoms with Gasteiger partial charge < -0.3 is 14.4 Å². The Balaban J connectivity index is 1.31. The molecule has 1 N–H and O–H groups in total. The van der Waals surface area contributed by atoms with Gasteiger partial charge in [-0.1, -0.05) is 5.16 Å². The number of hydrogen-bond acceptors (Lipinski definition) is 6. The highest BCUT2D eigenvalue weighted by atomic mass is 32.1. The number of anilines is 1. The van der Waals surface area contributed by atoms with Gasteiger partial charge in [0.2, 0.25) is 17.6 Å². The molecule has 0 saturated carbocycles. The smallest absolute Gasteiger partial charge is 0.227 e. The van der Waals surface area contributed by atoms with Crippen molar-refractivity contribution in [3.8, 4) is 17.1 Å². The number of aryl methyl sites for hydroxylation is 1. The average molecular weight is 365 g/mol. The average Bonchev–Trinajstić information content (AvgIpc) is 3.42. The first-order valence-corrected chi connectivity index (χ1v) is 8.95. The fourth-order valence-corrected chi connectivity index (χ4v) is 3.07. The first kappa shape index (κ1) is 16.2. The van der Waals surface area contributed by atoms with Gasteiger partial charge in [-0.05, 0) is 35.7 Å². The Hall–Kier alpha value is -3.26. The van der Waals surface area contributed by atoms with Gasteiger partial charge in [-0.25, -0.2) is 4.98 Å². The van der Waals surface area contributed by atoms with Crippen molar-refractivity contribution in [1.82, 2.24) is 19.7 Å². The van der Waals surface area contributed by atoms with Gasteiger partial charge in [-0.2, -0.15) is 16.3 Å². The van der Waals surface area contributed by atoms with Gasteiger partial charge in [0.1, 0.15) is 0 Å². The number of amides is 1. The second kappa shape index (κ2) is 7.32. The largest absolute Gasteiger partial charge is 0.339 e. The van der Waals surface area contributed by atoms with Crippen molar-refractivity contribution in [1.29, 1.82) is 0 Å². The summed E-state index contributed by atoms with van der Waals surface area (Å²) in [5, 5.41) is 10.7. The van der Waals surface area contributed by atoms with Crippen molar-refractivity contribution in [2.45, 2.75) is 12.8 Å². The maximum absolute atomic E-state index is 12.1. The topological polar surface area (TPSA) is 85.8 Å². The molecule has 0 aliphatic carbocycles. The number of thiophene rings is 1. The zero-order valence-electron chi connectivity index (χ0n) is 13.7. The lowest BCUT2D eigenvalue weighted by Crippen LogP contribution is -2.12. The maximum atomic E-state index is 12.1. The highest BCUT2D eigenvalue weighted by Crippen LogP contribution is 2.19. The molecule has 0 aliphatic rings. The predicted molar refractivity (Wildman–Crippen MR) is 98.1 cm³/mol. The number of imidazole rings is 1. The molecule has 1 amide bonds. The van der Waals surface area contributed by atoms with Gasteiger partial charge in [0, 0.05) is 47.6 Å². The molecule has 1 aromatic carbocycles. The van der Waals surface area contributed by atoms with E-state index in [-0.39, 0.29) is 12.3 Å². The summed E-state index contributed by atoms with van der Waals surface area (Å²) in [5.41, 5.74) is 2.64. The van der Waals surface area contributed by atoms with E-state index in [2.05, 4.69) is 20.4 Å². The molecule has 8 heteroatoms. The molecular weight excluding hydrogens is 350 g/mol. The van der Waals surface area contributed by atoms with Crippen molar-refractivity contribution < 1.29 is 9.32 Å². The molecule has 0 atom stereocenters. The van der Waals surface area contributed by atoms with Crippen LogP contribution in [0.2, 0.25) is 0 Å². The van der Waals surface area contributed by atoms with Crippen molar-refractivity contribution in [2.75, 3.05) is 5.32 Å². The van der Waals surface area contributed by atoms with E-state index < -0.39 is 0 Å². The van der Waals surface area contributed by atoms with Gasteiger partial charge in [0.25, 0.3) is 0 Å². The summed E-state index contributed by atoms with van der Waals surface area (Å²) in [7, 11) is 0. The van der Waals surface area contributed by atoms with E-state index in [4.69, 9.17) is 4.52 Å². The lowest BCUT2D eigenvalue weighted by Gasteiger charge is -2.06. The third-order valence-electron chi connectivity index (χ3n) is 3.77. The second-order valence-corrected chi connectivity index (χ2v) is 6.37. The van der Waals surface area contributed by atoms with Crippen molar-refractivity contribution in [3.63, 3.8) is 0 Å². The van der Waals surface area contributed by atoms with Gasteiger partial charge in [-0.3, -0.25) is 4.79 Å². The van der Waals surface area contributed by atoms with Crippen LogP contribution < -0.4 is 5.32 Å². The molecule has 0 radical (unpaired) electrons. The van der Waals surface area contributed by atoms with Crippen LogP contribution in [0.4, 0.5) is 5.69 Å². The molecule has 7 nitrogen and oxygen atoms in total. The Bertz CT molecular complexity index is 975. The van der Waals surface area contributed by atoms with Gasteiger partial charge in [0.15, 0.2) is 0 Å². The highest BCUT2D eigenvalue weighted by molar-refractivity contribution is 7.08. The van der Waals surface area contributed by atoms with Gasteiger partial charge in [0.05, 0.1) is 6.33 Å². The van der Waals surface area contributed by atoms with Crippen LogP contribution in [-0.4, -0.2) is 25.6 Å². The minimum atomic E-state index is -0.101. The minimum absolute atomic E-state index is 0.101. The van der Waals surface area contributed by atoms with E-state index in [9.17, 15) is 4.79 Å². The van der Waals surface area contributed by atoms with Crippen LogP contribution in [0.1, 0.15) is 12.3 Å². The maximum Gasteiger partial charge on any atom is 0.227 e. The molecule has 0 aliphatic heterocycles. The highest BCUT2D eigenvalue weighted by Gasteiger charge is 2.11. The molecule has 0 bridgehead atoms. The van der Waals surface area contributed by atoms with Crippen LogP contribution in [0.15, 0.2) is 64.3 Å². The standard InChI is InChI=1S/C18H15N5O2S/c24-16(5-6-17-21-18(22-25-17)13-7-10-26-11-13)20-14-1-3-15(4-2-14)23-9-8-19-12-23/h1-4,7-12H,5-6H2,(H,20,24).